The van der Waals surface area contributed by atoms with Crippen LogP contribution in [0, 0.1) is 0 Å². The molecule has 1 N–H and O–H groups in total. The first-order valence-electron chi connectivity index (χ1n) is 12.1. The molecule has 3 aromatic rings. The van der Waals surface area contributed by atoms with E-state index in [1.807, 2.05) is 42.5 Å². The van der Waals surface area contributed by atoms with Crippen LogP contribution in [0.5, 0.6) is 17.2 Å². The largest absolute Gasteiger partial charge is 0.503 e. The van der Waals surface area contributed by atoms with Crippen molar-refractivity contribution in [1.29, 1.82) is 0 Å². The SMILES string of the molecule is COc1ccc(C2=C(O)C(=O)N(CCc3ccc(OC)c(OC)c3)[C@@H]2c2ccc(C(C)C)cc2)cc1. The molecule has 0 saturated heterocycles. The summed E-state index contributed by atoms with van der Waals surface area (Å²) in [5, 5.41) is 11.1. The lowest BCUT2D eigenvalue weighted by molar-refractivity contribution is -0.129. The Bertz CT molecular complexity index is 1250. The van der Waals surface area contributed by atoms with Gasteiger partial charge in [0.2, 0.25) is 0 Å². The first kappa shape index (κ1) is 25.2. The Morgan fingerprint density at radius 1 is 0.861 bits per heavy atom. The van der Waals surface area contributed by atoms with Gasteiger partial charge in [0, 0.05) is 12.1 Å². The van der Waals surface area contributed by atoms with E-state index < -0.39 is 6.04 Å². The number of rotatable bonds is 9. The molecule has 0 bridgehead atoms. The maximum atomic E-state index is 13.4. The van der Waals surface area contributed by atoms with Gasteiger partial charge in [0.25, 0.3) is 5.91 Å². The van der Waals surface area contributed by atoms with E-state index in [4.69, 9.17) is 14.2 Å². The maximum absolute atomic E-state index is 13.4. The molecule has 1 heterocycles. The van der Waals surface area contributed by atoms with Gasteiger partial charge in [0.1, 0.15) is 5.75 Å². The molecule has 0 saturated carbocycles. The van der Waals surface area contributed by atoms with E-state index in [0.29, 0.717) is 41.7 Å². The summed E-state index contributed by atoms with van der Waals surface area (Å²) in [7, 11) is 4.82. The second kappa shape index (κ2) is 10.8. The van der Waals surface area contributed by atoms with Crippen molar-refractivity contribution in [2.75, 3.05) is 27.9 Å². The van der Waals surface area contributed by atoms with Gasteiger partial charge in [0.05, 0.1) is 27.4 Å². The van der Waals surface area contributed by atoms with Crippen LogP contribution in [0.1, 0.15) is 48.1 Å². The summed E-state index contributed by atoms with van der Waals surface area (Å²) in [5.74, 6) is 1.82. The normalized spacial score (nSPS) is 15.6. The lowest BCUT2D eigenvalue weighted by Gasteiger charge is -2.28. The van der Waals surface area contributed by atoms with Crippen molar-refractivity contribution in [3.63, 3.8) is 0 Å². The predicted octanol–water partition coefficient (Wildman–Crippen LogP) is 5.93. The van der Waals surface area contributed by atoms with E-state index in [1.54, 1.807) is 26.2 Å². The Morgan fingerprint density at radius 3 is 2.11 bits per heavy atom. The van der Waals surface area contributed by atoms with Crippen LogP contribution < -0.4 is 14.2 Å². The number of methoxy groups -OCH3 is 3. The molecular weight excluding hydrogens is 454 g/mol. The number of nitrogens with zero attached hydrogens (tertiary/aromatic N) is 1. The number of aliphatic hydroxyl groups excluding tert-OH is 1. The van der Waals surface area contributed by atoms with Gasteiger partial charge in [0.15, 0.2) is 17.3 Å². The van der Waals surface area contributed by atoms with Crippen molar-refractivity contribution in [3.8, 4) is 17.2 Å². The molecule has 0 radical (unpaired) electrons. The van der Waals surface area contributed by atoms with Crippen molar-refractivity contribution >= 4 is 11.5 Å². The van der Waals surface area contributed by atoms with Crippen LogP contribution in [0.4, 0.5) is 0 Å². The van der Waals surface area contributed by atoms with Crippen LogP contribution in [0.2, 0.25) is 0 Å². The zero-order chi connectivity index (χ0) is 25.8. The zero-order valence-electron chi connectivity index (χ0n) is 21.4. The van der Waals surface area contributed by atoms with Crippen molar-refractivity contribution in [3.05, 3.63) is 94.7 Å². The van der Waals surface area contributed by atoms with Gasteiger partial charge >= 0.3 is 0 Å². The number of carbonyl (C=O) groups excluding carboxylic acids is 1. The topological polar surface area (TPSA) is 68.2 Å². The summed E-state index contributed by atoms with van der Waals surface area (Å²) in [6.07, 6.45) is 0.593. The Hall–Kier alpha value is -3.93. The Balaban J connectivity index is 1.70. The van der Waals surface area contributed by atoms with E-state index in [2.05, 4.69) is 38.1 Å². The average molecular weight is 488 g/mol. The number of hydrogen-bond acceptors (Lipinski definition) is 5. The Kier molecular flexibility index (Phi) is 7.53. The third kappa shape index (κ3) is 4.89. The molecule has 4 rings (SSSR count). The molecule has 0 spiro atoms. The second-order valence-corrected chi connectivity index (χ2v) is 9.15. The molecule has 36 heavy (non-hydrogen) atoms. The van der Waals surface area contributed by atoms with E-state index in [0.717, 1.165) is 16.7 Å². The summed E-state index contributed by atoms with van der Waals surface area (Å²) >= 11 is 0. The number of aliphatic hydroxyl groups is 1. The lowest BCUT2D eigenvalue weighted by Crippen LogP contribution is -2.32. The number of ether oxygens (including phenoxy) is 3. The van der Waals surface area contributed by atoms with E-state index in [1.165, 1.54) is 5.56 Å². The highest BCUT2D eigenvalue weighted by Crippen LogP contribution is 2.43. The average Bonchev–Trinajstić information content (AvgIpc) is 3.16. The molecule has 0 fully saturated rings. The van der Waals surface area contributed by atoms with Gasteiger partial charge in [-0.05, 0) is 58.9 Å². The number of carbonyl (C=O) groups is 1. The highest BCUT2D eigenvalue weighted by atomic mass is 16.5. The summed E-state index contributed by atoms with van der Waals surface area (Å²) in [5.41, 5.74) is 4.57. The molecule has 1 amide bonds. The fraction of sp³-hybridized carbons (Fsp3) is 0.300. The standard InChI is InChI=1S/C30H33NO5/c1-19(2)21-7-9-23(10-8-21)28-27(22-11-13-24(34-3)14-12-22)29(32)30(33)31(28)17-16-20-6-15-25(35-4)26(18-20)36-5/h6-15,18-19,28,32H,16-17H2,1-5H3/t28-/m1/s1. The molecule has 1 atom stereocenters. The van der Waals surface area contributed by atoms with Crippen LogP contribution in [0.3, 0.4) is 0 Å². The van der Waals surface area contributed by atoms with Gasteiger partial charge in [-0.15, -0.1) is 0 Å². The number of hydrogen-bond donors (Lipinski definition) is 1. The molecule has 0 aliphatic carbocycles. The molecule has 3 aromatic carbocycles. The van der Waals surface area contributed by atoms with Crippen molar-refractivity contribution in [2.24, 2.45) is 0 Å². The van der Waals surface area contributed by atoms with Crippen molar-refractivity contribution in [1.82, 2.24) is 4.90 Å². The van der Waals surface area contributed by atoms with Crippen LogP contribution in [0.25, 0.3) is 5.57 Å². The van der Waals surface area contributed by atoms with Gasteiger partial charge in [-0.25, -0.2) is 0 Å². The van der Waals surface area contributed by atoms with E-state index in [-0.39, 0.29) is 11.7 Å². The third-order valence-corrected chi connectivity index (χ3v) is 6.71. The second-order valence-electron chi connectivity index (χ2n) is 9.15. The van der Waals surface area contributed by atoms with Crippen LogP contribution >= 0.6 is 0 Å². The molecule has 1 aliphatic heterocycles. The monoisotopic (exact) mass is 487 g/mol. The molecule has 0 aromatic heterocycles. The Morgan fingerprint density at radius 2 is 1.53 bits per heavy atom. The van der Waals surface area contributed by atoms with Gasteiger partial charge in [-0.3, -0.25) is 4.79 Å². The van der Waals surface area contributed by atoms with Crippen LogP contribution in [-0.2, 0) is 11.2 Å². The van der Waals surface area contributed by atoms with Crippen molar-refractivity contribution in [2.45, 2.75) is 32.2 Å². The first-order chi connectivity index (χ1) is 17.4. The number of benzene rings is 3. The fourth-order valence-corrected chi connectivity index (χ4v) is 4.65. The molecular formula is C30H33NO5. The van der Waals surface area contributed by atoms with Gasteiger partial charge < -0.3 is 24.2 Å². The summed E-state index contributed by atoms with van der Waals surface area (Å²) in [4.78, 5) is 15.1. The van der Waals surface area contributed by atoms with E-state index in [9.17, 15) is 9.90 Å². The third-order valence-electron chi connectivity index (χ3n) is 6.71. The molecule has 0 unspecified atom stereocenters. The smallest absolute Gasteiger partial charge is 0.289 e. The van der Waals surface area contributed by atoms with E-state index >= 15 is 0 Å². The minimum absolute atomic E-state index is 0.217. The summed E-state index contributed by atoms with van der Waals surface area (Å²) in [6, 6.07) is 21.1. The predicted molar refractivity (Wildman–Crippen MR) is 141 cm³/mol. The van der Waals surface area contributed by atoms with Crippen LogP contribution in [-0.4, -0.2) is 43.8 Å². The summed E-state index contributed by atoms with van der Waals surface area (Å²) < 4.78 is 16.1. The highest BCUT2D eigenvalue weighted by molar-refractivity contribution is 6.05. The maximum Gasteiger partial charge on any atom is 0.289 e. The quantitative estimate of drug-likeness (QED) is 0.405. The minimum Gasteiger partial charge on any atom is -0.503 e. The number of amides is 1. The van der Waals surface area contributed by atoms with Crippen molar-refractivity contribution < 1.29 is 24.1 Å². The van der Waals surface area contributed by atoms with Crippen LogP contribution in [0.15, 0.2) is 72.5 Å². The molecule has 6 nitrogen and oxygen atoms in total. The molecule has 6 heteroatoms. The lowest BCUT2D eigenvalue weighted by atomic mass is 9.91. The minimum atomic E-state index is -0.410. The fourth-order valence-electron chi connectivity index (χ4n) is 4.65. The Labute approximate surface area is 212 Å². The van der Waals surface area contributed by atoms with Gasteiger partial charge in [-0.2, -0.15) is 0 Å². The first-order valence-corrected chi connectivity index (χ1v) is 12.1. The molecule has 1 aliphatic rings. The molecule has 188 valence electrons. The van der Waals surface area contributed by atoms with Gasteiger partial charge in [-0.1, -0.05) is 56.3 Å². The zero-order valence-corrected chi connectivity index (χ0v) is 21.4. The summed E-state index contributed by atoms with van der Waals surface area (Å²) in [6.45, 7) is 4.73. The highest BCUT2D eigenvalue weighted by Gasteiger charge is 2.40.